The molecular weight excluding hydrogens is 344 g/mol. The summed E-state index contributed by atoms with van der Waals surface area (Å²) in [7, 11) is 0. The molecule has 0 radical (unpaired) electrons. The fraction of sp³-hybridized carbons (Fsp3) is 0.240. The highest BCUT2D eigenvalue weighted by Crippen LogP contribution is 2.21. The van der Waals surface area contributed by atoms with Gasteiger partial charge in [-0.15, -0.1) is 0 Å². The van der Waals surface area contributed by atoms with Crippen LogP contribution in [0.3, 0.4) is 0 Å². The summed E-state index contributed by atoms with van der Waals surface area (Å²) in [6.07, 6.45) is 3.90. The number of carbonyl (C=O) groups is 1. The number of hydrogen-bond donors (Lipinski definition) is 1. The van der Waals surface area contributed by atoms with Crippen LogP contribution in [0.5, 0.6) is 0 Å². The van der Waals surface area contributed by atoms with Gasteiger partial charge in [0.15, 0.2) is 0 Å². The largest absolute Gasteiger partial charge is 0.372 e. The van der Waals surface area contributed by atoms with Gasteiger partial charge in [0.25, 0.3) is 5.91 Å². The first-order valence-electron chi connectivity index (χ1n) is 10.1. The average molecular weight is 370 g/mol. The summed E-state index contributed by atoms with van der Waals surface area (Å²) in [4.78, 5) is 14.9. The van der Waals surface area contributed by atoms with E-state index in [1.165, 1.54) is 24.9 Å². The number of anilines is 1. The van der Waals surface area contributed by atoms with Crippen LogP contribution in [0, 0.1) is 0 Å². The van der Waals surface area contributed by atoms with Crippen molar-refractivity contribution in [1.29, 1.82) is 0 Å². The second-order valence-corrected chi connectivity index (χ2v) is 7.34. The summed E-state index contributed by atoms with van der Waals surface area (Å²) < 4.78 is 0. The minimum atomic E-state index is -0.0419. The molecule has 1 aliphatic rings. The van der Waals surface area contributed by atoms with E-state index >= 15 is 0 Å². The van der Waals surface area contributed by atoms with Crippen molar-refractivity contribution in [3.05, 3.63) is 90.0 Å². The zero-order valence-corrected chi connectivity index (χ0v) is 16.1. The van der Waals surface area contributed by atoms with Gasteiger partial charge in [-0.05, 0) is 60.2 Å². The normalized spacial score (nSPS) is 13.9. The standard InChI is InChI=1S/C25H26N2O/c28-25(23-13-11-22(12-14-23)21-7-3-1-4-8-21)26-19-20-9-15-24(16-10-20)27-17-5-2-6-18-27/h1,3-4,7-16H,2,5-6,17-19H2,(H,26,28). The SMILES string of the molecule is O=C(NCc1ccc(N2CCCCC2)cc1)c1ccc(-c2ccccc2)cc1. The lowest BCUT2D eigenvalue weighted by Crippen LogP contribution is -2.29. The monoisotopic (exact) mass is 370 g/mol. The van der Waals surface area contributed by atoms with Gasteiger partial charge in [0.2, 0.25) is 0 Å². The summed E-state index contributed by atoms with van der Waals surface area (Å²) in [6.45, 7) is 2.84. The van der Waals surface area contributed by atoms with Gasteiger partial charge in [-0.1, -0.05) is 54.6 Å². The van der Waals surface area contributed by atoms with Crippen LogP contribution in [0.4, 0.5) is 5.69 Å². The van der Waals surface area contributed by atoms with E-state index in [2.05, 4.69) is 46.6 Å². The number of rotatable bonds is 5. The molecule has 0 spiro atoms. The maximum atomic E-state index is 12.5. The van der Waals surface area contributed by atoms with Crippen LogP contribution < -0.4 is 10.2 Å². The Morgan fingerprint density at radius 1 is 0.750 bits per heavy atom. The van der Waals surface area contributed by atoms with Crippen LogP contribution in [0.1, 0.15) is 35.2 Å². The van der Waals surface area contributed by atoms with Crippen molar-refractivity contribution < 1.29 is 4.79 Å². The van der Waals surface area contributed by atoms with Gasteiger partial charge in [-0.25, -0.2) is 0 Å². The minimum Gasteiger partial charge on any atom is -0.372 e. The number of benzene rings is 3. The van der Waals surface area contributed by atoms with E-state index < -0.39 is 0 Å². The maximum Gasteiger partial charge on any atom is 0.251 e. The summed E-state index contributed by atoms with van der Waals surface area (Å²) in [5.74, 6) is -0.0419. The first-order chi connectivity index (χ1) is 13.8. The molecule has 0 atom stereocenters. The van der Waals surface area contributed by atoms with Gasteiger partial charge in [-0.2, -0.15) is 0 Å². The average Bonchev–Trinajstić information content (AvgIpc) is 2.79. The van der Waals surface area contributed by atoms with Crippen molar-refractivity contribution in [3.63, 3.8) is 0 Å². The molecule has 1 fully saturated rings. The molecule has 3 aromatic carbocycles. The Hall–Kier alpha value is -3.07. The Kier molecular flexibility index (Phi) is 5.72. The van der Waals surface area contributed by atoms with E-state index in [1.54, 1.807) is 0 Å². The van der Waals surface area contributed by atoms with Crippen LogP contribution in [-0.2, 0) is 6.54 Å². The lowest BCUT2D eigenvalue weighted by Gasteiger charge is -2.28. The Balaban J connectivity index is 1.34. The highest BCUT2D eigenvalue weighted by atomic mass is 16.1. The van der Waals surface area contributed by atoms with Gasteiger partial charge < -0.3 is 10.2 Å². The third kappa shape index (κ3) is 4.42. The Morgan fingerprint density at radius 2 is 1.39 bits per heavy atom. The third-order valence-electron chi connectivity index (χ3n) is 5.36. The predicted octanol–water partition coefficient (Wildman–Crippen LogP) is 5.27. The molecule has 0 aromatic heterocycles. The fourth-order valence-corrected chi connectivity index (χ4v) is 3.71. The van der Waals surface area contributed by atoms with E-state index in [4.69, 9.17) is 0 Å². The number of hydrogen-bond acceptors (Lipinski definition) is 2. The molecule has 3 nitrogen and oxygen atoms in total. The van der Waals surface area contributed by atoms with Crippen molar-refractivity contribution in [3.8, 4) is 11.1 Å². The molecule has 0 unspecified atom stereocenters. The second kappa shape index (κ2) is 8.75. The maximum absolute atomic E-state index is 12.5. The van der Waals surface area contributed by atoms with Gasteiger partial charge in [0.1, 0.15) is 0 Å². The van der Waals surface area contributed by atoms with Gasteiger partial charge >= 0.3 is 0 Å². The summed E-state index contributed by atoms with van der Waals surface area (Å²) in [5, 5.41) is 3.02. The first kappa shape index (κ1) is 18.3. The lowest BCUT2D eigenvalue weighted by molar-refractivity contribution is 0.0951. The third-order valence-corrected chi connectivity index (χ3v) is 5.36. The van der Waals surface area contributed by atoms with Crippen molar-refractivity contribution >= 4 is 11.6 Å². The molecule has 0 saturated carbocycles. The van der Waals surface area contributed by atoms with Crippen molar-refractivity contribution in [2.75, 3.05) is 18.0 Å². The molecule has 1 heterocycles. The number of carbonyl (C=O) groups excluding carboxylic acids is 1. The molecule has 1 saturated heterocycles. The zero-order valence-electron chi connectivity index (χ0n) is 16.1. The van der Waals surface area contributed by atoms with Crippen LogP contribution in [0.25, 0.3) is 11.1 Å². The molecular formula is C25H26N2O. The van der Waals surface area contributed by atoms with Crippen LogP contribution in [0.2, 0.25) is 0 Å². The topological polar surface area (TPSA) is 32.3 Å². The van der Waals surface area contributed by atoms with E-state index in [0.717, 1.165) is 29.8 Å². The fourth-order valence-electron chi connectivity index (χ4n) is 3.71. The van der Waals surface area contributed by atoms with Crippen molar-refractivity contribution in [2.24, 2.45) is 0 Å². The molecule has 1 aliphatic heterocycles. The Morgan fingerprint density at radius 3 is 2.07 bits per heavy atom. The highest BCUT2D eigenvalue weighted by Gasteiger charge is 2.11. The summed E-state index contributed by atoms with van der Waals surface area (Å²) >= 11 is 0. The Bertz CT molecular complexity index is 896. The molecule has 3 heteroatoms. The molecule has 1 amide bonds. The Labute approximate surface area is 167 Å². The lowest BCUT2D eigenvalue weighted by atomic mass is 10.0. The number of piperidine rings is 1. The molecule has 0 bridgehead atoms. The van der Waals surface area contributed by atoms with E-state index in [0.29, 0.717) is 12.1 Å². The minimum absolute atomic E-state index is 0.0419. The van der Waals surface area contributed by atoms with Gasteiger partial charge in [-0.3, -0.25) is 4.79 Å². The second-order valence-electron chi connectivity index (χ2n) is 7.34. The molecule has 3 aromatic rings. The first-order valence-corrected chi connectivity index (χ1v) is 10.1. The molecule has 28 heavy (non-hydrogen) atoms. The van der Waals surface area contributed by atoms with Crippen LogP contribution in [0.15, 0.2) is 78.9 Å². The molecule has 4 rings (SSSR count). The zero-order chi connectivity index (χ0) is 19.2. The smallest absolute Gasteiger partial charge is 0.251 e. The summed E-state index contributed by atoms with van der Waals surface area (Å²) in [5.41, 5.74) is 5.36. The highest BCUT2D eigenvalue weighted by molar-refractivity contribution is 5.94. The van der Waals surface area contributed by atoms with Gasteiger partial charge in [0, 0.05) is 30.9 Å². The van der Waals surface area contributed by atoms with Gasteiger partial charge in [0.05, 0.1) is 0 Å². The number of nitrogens with one attached hydrogen (secondary N) is 1. The van der Waals surface area contributed by atoms with Crippen molar-refractivity contribution in [1.82, 2.24) is 5.32 Å². The predicted molar refractivity (Wildman–Crippen MR) is 116 cm³/mol. The van der Waals surface area contributed by atoms with E-state index in [-0.39, 0.29) is 5.91 Å². The quantitative estimate of drug-likeness (QED) is 0.663. The van der Waals surface area contributed by atoms with Crippen LogP contribution in [-0.4, -0.2) is 19.0 Å². The number of amides is 1. The van der Waals surface area contributed by atoms with E-state index in [1.807, 2.05) is 42.5 Å². The molecule has 1 N–H and O–H groups in total. The van der Waals surface area contributed by atoms with Crippen molar-refractivity contribution in [2.45, 2.75) is 25.8 Å². The number of nitrogens with zero attached hydrogens (tertiary/aromatic N) is 1. The van der Waals surface area contributed by atoms with Crippen LogP contribution >= 0.6 is 0 Å². The van der Waals surface area contributed by atoms with E-state index in [9.17, 15) is 4.79 Å². The molecule has 0 aliphatic carbocycles. The molecule has 142 valence electrons. The summed E-state index contributed by atoms with van der Waals surface area (Å²) in [6, 6.07) is 26.5.